The van der Waals surface area contributed by atoms with Gasteiger partial charge in [-0.3, -0.25) is 0 Å². The third-order valence-electron chi connectivity index (χ3n) is 4.82. The predicted molar refractivity (Wildman–Crippen MR) is 78.0 cm³/mol. The van der Waals surface area contributed by atoms with Gasteiger partial charge in [0.1, 0.15) is 0 Å². The molecule has 18 heavy (non-hydrogen) atoms. The van der Waals surface area contributed by atoms with Gasteiger partial charge in [-0.1, -0.05) is 12.8 Å². The van der Waals surface area contributed by atoms with E-state index in [0.717, 1.165) is 0 Å². The van der Waals surface area contributed by atoms with Gasteiger partial charge in [-0.15, -0.1) is 0 Å². The first-order valence-electron chi connectivity index (χ1n) is 7.80. The molecule has 0 aromatic carbocycles. The van der Waals surface area contributed by atoms with Crippen LogP contribution < -0.4 is 5.32 Å². The van der Waals surface area contributed by atoms with Crippen LogP contribution in [0.3, 0.4) is 0 Å². The summed E-state index contributed by atoms with van der Waals surface area (Å²) in [6.45, 7) is 7.64. The number of nitrogens with zero attached hydrogens (tertiary/aromatic N) is 2. The van der Waals surface area contributed by atoms with Crippen molar-refractivity contribution in [2.24, 2.45) is 5.41 Å². The number of likely N-dealkylation sites (tertiary alicyclic amines) is 1. The van der Waals surface area contributed by atoms with Crippen LogP contribution in [0.1, 0.15) is 38.5 Å². The fourth-order valence-corrected chi connectivity index (χ4v) is 3.86. The minimum atomic E-state index is 0.564. The SMILES string of the molecule is CNCC1(CN(C)CCN2CCCC2)CCCC1. The first kappa shape index (κ1) is 14.3. The highest BCUT2D eigenvalue weighted by molar-refractivity contribution is 4.88. The van der Waals surface area contributed by atoms with Crippen molar-refractivity contribution < 1.29 is 0 Å². The lowest BCUT2D eigenvalue weighted by molar-refractivity contribution is 0.161. The Hall–Kier alpha value is -0.120. The summed E-state index contributed by atoms with van der Waals surface area (Å²) in [6.07, 6.45) is 8.52. The Morgan fingerprint density at radius 2 is 1.78 bits per heavy atom. The average Bonchev–Trinajstić information content (AvgIpc) is 2.98. The Labute approximate surface area is 113 Å². The molecule has 2 rings (SSSR count). The van der Waals surface area contributed by atoms with E-state index in [-0.39, 0.29) is 0 Å². The van der Waals surface area contributed by atoms with Gasteiger partial charge in [0.2, 0.25) is 0 Å². The molecule has 1 aliphatic heterocycles. The molecule has 0 spiro atoms. The molecule has 0 amide bonds. The van der Waals surface area contributed by atoms with Gasteiger partial charge in [0, 0.05) is 26.2 Å². The second kappa shape index (κ2) is 6.88. The number of hydrogen-bond donors (Lipinski definition) is 1. The van der Waals surface area contributed by atoms with Crippen LogP contribution in [0, 0.1) is 5.41 Å². The molecule has 1 saturated heterocycles. The zero-order valence-corrected chi connectivity index (χ0v) is 12.4. The van der Waals surface area contributed by atoms with Crippen molar-refractivity contribution in [3.8, 4) is 0 Å². The topological polar surface area (TPSA) is 18.5 Å². The number of likely N-dealkylation sites (N-methyl/N-ethyl adjacent to an activating group) is 1. The van der Waals surface area contributed by atoms with E-state index in [2.05, 4.69) is 29.2 Å². The highest BCUT2D eigenvalue weighted by Crippen LogP contribution is 2.38. The van der Waals surface area contributed by atoms with Gasteiger partial charge in [-0.05, 0) is 58.3 Å². The van der Waals surface area contributed by atoms with Crippen molar-refractivity contribution in [3.63, 3.8) is 0 Å². The molecule has 0 bridgehead atoms. The molecule has 3 nitrogen and oxygen atoms in total. The van der Waals surface area contributed by atoms with Crippen LogP contribution in [0.5, 0.6) is 0 Å². The van der Waals surface area contributed by atoms with E-state index in [4.69, 9.17) is 0 Å². The smallest absolute Gasteiger partial charge is 0.0109 e. The molecule has 0 aromatic rings. The largest absolute Gasteiger partial charge is 0.319 e. The lowest BCUT2D eigenvalue weighted by Gasteiger charge is -2.34. The van der Waals surface area contributed by atoms with Gasteiger partial charge < -0.3 is 15.1 Å². The zero-order chi connectivity index (χ0) is 12.8. The van der Waals surface area contributed by atoms with Crippen LogP contribution in [0.15, 0.2) is 0 Å². The Bertz CT molecular complexity index is 230. The molecule has 2 fully saturated rings. The molecule has 2 aliphatic rings. The quantitative estimate of drug-likeness (QED) is 0.746. The molecule has 0 radical (unpaired) electrons. The van der Waals surface area contributed by atoms with Crippen LogP contribution in [0.2, 0.25) is 0 Å². The summed E-state index contributed by atoms with van der Waals surface area (Å²) < 4.78 is 0. The van der Waals surface area contributed by atoms with E-state index in [1.54, 1.807) is 0 Å². The van der Waals surface area contributed by atoms with Crippen molar-refractivity contribution in [2.45, 2.75) is 38.5 Å². The Balaban J connectivity index is 1.72. The molecule has 0 aromatic heterocycles. The Kier molecular flexibility index (Phi) is 5.46. The average molecular weight is 253 g/mol. The van der Waals surface area contributed by atoms with E-state index in [0.29, 0.717) is 5.41 Å². The standard InChI is InChI=1S/C15H31N3/c1-16-13-15(7-3-4-8-15)14-17(2)11-12-18-9-5-6-10-18/h16H,3-14H2,1-2H3. The maximum atomic E-state index is 3.42. The van der Waals surface area contributed by atoms with Crippen LogP contribution in [-0.2, 0) is 0 Å². The van der Waals surface area contributed by atoms with Crippen LogP contribution in [0.4, 0.5) is 0 Å². The van der Waals surface area contributed by atoms with E-state index in [1.165, 1.54) is 77.8 Å². The Morgan fingerprint density at radius 1 is 1.11 bits per heavy atom. The third kappa shape index (κ3) is 3.94. The number of rotatable bonds is 7. The fraction of sp³-hybridized carbons (Fsp3) is 1.00. The third-order valence-corrected chi connectivity index (χ3v) is 4.82. The van der Waals surface area contributed by atoms with Gasteiger partial charge in [-0.25, -0.2) is 0 Å². The molecule has 0 atom stereocenters. The molecular formula is C15H31N3. The summed E-state index contributed by atoms with van der Waals surface area (Å²) in [6, 6.07) is 0. The van der Waals surface area contributed by atoms with E-state index >= 15 is 0 Å². The van der Waals surface area contributed by atoms with Crippen molar-refractivity contribution in [3.05, 3.63) is 0 Å². The van der Waals surface area contributed by atoms with Gasteiger partial charge in [0.25, 0.3) is 0 Å². The zero-order valence-electron chi connectivity index (χ0n) is 12.4. The van der Waals surface area contributed by atoms with Crippen LogP contribution >= 0.6 is 0 Å². The molecule has 3 heteroatoms. The number of hydrogen-bond acceptors (Lipinski definition) is 3. The Morgan fingerprint density at radius 3 is 2.39 bits per heavy atom. The number of nitrogens with one attached hydrogen (secondary N) is 1. The second-order valence-corrected chi connectivity index (χ2v) is 6.52. The van der Waals surface area contributed by atoms with E-state index in [9.17, 15) is 0 Å². The monoisotopic (exact) mass is 253 g/mol. The van der Waals surface area contributed by atoms with Crippen LogP contribution in [0.25, 0.3) is 0 Å². The van der Waals surface area contributed by atoms with Crippen molar-refractivity contribution in [1.29, 1.82) is 0 Å². The summed E-state index contributed by atoms with van der Waals surface area (Å²) in [4.78, 5) is 5.19. The van der Waals surface area contributed by atoms with Gasteiger partial charge in [0.15, 0.2) is 0 Å². The summed E-state index contributed by atoms with van der Waals surface area (Å²) >= 11 is 0. The summed E-state index contributed by atoms with van der Waals surface area (Å²) in [5.74, 6) is 0. The molecular weight excluding hydrogens is 222 g/mol. The van der Waals surface area contributed by atoms with Crippen molar-refractivity contribution >= 4 is 0 Å². The predicted octanol–water partition coefficient (Wildman–Crippen LogP) is 1.79. The maximum absolute atomic E-state index is 3.42. The van der Waals surface area contributed by atoms with Crippen molar-refractivity contribution in [1.82, 2.24) is 15.1 Å². The highest BCUT2D eigenvalue weighted by Gasteiger charge is 2.34. The van der Waals surface area contributed by atoms with Crippen LogP contribution in [-0.4, -0.2) is 63.2 Å². The lowest BCUT2D eigenvalue weighted by atomic mass is 9.85. The summed E-state index contributed by atoms with van der Waals surface area (Å²) in [5, 5.41) is 3.42. The molecule has 1 saturated carbocycles. The van der Waals surface area contributed by atoms with E-state index < -0.39 is 0 Å². The molecule has 1 heterocycles. The molecule has 0 unspecified atom stereocenters. The summed E-state index contributed by atoms with van der Waals surface area (Å²) in [5.41, 5.74) is 0.564. The molecule has 1 aliphatic carbocycles. The van der Waals surface area contributed by atoms with Gasteiger partial charge >= 0.3 is 0 Å². The fourth-order valence-electron chi connectivity index (χ4n) is 3.86. The first-order valence-corrected chi connectivity index (χ1v) is 7.80. The van der Waals surface area contributed by atoms with Gasteiger partial charge in [0.05, 0.1) is 0 Å². The van der Waals surface area contributed by atoms with E-state index in [1.807, 2.05) is 0 Å². The van der Waals surface area contributed by atoms with Crippen molar-refractivity contribution in [2.75, 3.05) is 53.4 Å². The second-order valence-electron chi connectivity index (χ2n) is 6.52. The highest BCUT2D eigenvalue weighted by atomic mass is 15.2. The molecule has 106 valence electrons. The minimum absolute atomic E-state index is 0.564. The first-order chi connectivity index (χ1) is 8.74. The normalized spacial score (nSPS) is 24.2. The molecule has 1 N–H and O–H groups in total. The lowest BCUT2D eigenvalue weighted by Crippen LogP contribution is -2.42. The maximum Gasteiger partial charge on any atom is 0.0109 e. The minimum Gasteiger partial charge on any atom is -0.319 e. The van der Waals surface area contributed by atoms with Gasteiger partial charge in [-0.2, -0.15) is 0 Å². The summed E-state index contributed by atoms with van der Waals surface area (Å²) in [7, 11) is 4.41.